The van der Waals surface area contributed by atoms with E-state index in [0.717, 1.165) is 38.6 Å². The van der Waals surface area contributed by atoms with Crippen LogP contribution in [0.2, 0.25) is 0 Å². The predicted molar refractivity (Wildman–Crippen MR) is 185 cm³/mol. The summed E-state index contributed by atoms with van der Waals surface area (Å²) >= 11 is 0. The van der Waals surface area contributed by atoms with E-state index >= 15 is 0 Å². The van der Waals surface area contributed by atoms with Crippen LogP contribution in [0, 0.1) is 46.3 Å². The minimum Gasteiger partial charge on any atom is -0.394 e. The molecule has 0 aromatic carbocycles. The van der Waals surface area contributed by atoms with E-state index in [0.29, 0.717) is 48.3 Å². The Morgan fingerprint density at radius 3 is 2.29 bits per heavy atom. The number of fused-ring (bicyclic) bond motifs is 7. The van der Waals surface area contributed by atoms with E-state index < -0.39 is 74.1 Å². The molecule has 4 aliphatic carbocycles. The summed E-state index contributed by atoms with van der Waals surface area (Å²) in [6.45, 7) is 11.3. The monoisotopic (exact) mass is 737 g/mol. The average molecular weight is 738 g/mol. The van der Waals surface area contributed by atoms with Gasteiger partial charge in [-0.3, -0.25) is 5.32 Å². The smallest absolute Gasteiger partial charge is 0.187 e. The Morgan fingerprint density at radius 1 is 0.846 bits per heavy atom. The lowest BCUT2D eigenvalue weighted by Crippen LogP contribution is -2.64. The van der Waals surface area contributed by atoms with Crippen LogP contribution in [0.1, 0.15) is 86.0 Å². The first-order chi connectivity index (χ1) is 24.6. The maximum atomic E-state index is 12.2. The van der Waals surface area contributed by atoms with Crippen molar-refractivity contribution in [2.75, 3.05) is 13.2 Å². The third kappa shape index (κ3) is 5.74. The Balaban J connectivity index is 0.930. The van der Waals surface area contributed by atoms with Crippen molar-refractivity contribution in [1.29, 1.82) is 0 Å². The summed E-state index contributed by atoms with van der Waals surface area (Å²) in [4.78, 5) is 0. The largest absolute Gasteiger partial charge is 0.394 e. The summed E-state index contributed by atoms with van der Waals surface area (Å²) in [6, 6.07) is 0. The number of hydrogen-bond acceptors (Lipinski definition) is 13. The molecule has 1 spiro atoms. The van der Waals surface area contributed by atoms with Gasteiger partial charge in [-0.2, -0.15) is 0 Å². The maximum absolute atomic E-state index is 12.2. The summed E-state index contributed by atoms with van der Waals surface area (Å²) in [5, 5.41) is 79.1. The molecule has 13 nitrogen and oxygen atoms in total. The number of aliphatic hydroxyl groups is 7. The summed E-state index contributed by atoms with van der Waals surface area (Å²) in [5.74, 6) is 2.51. The second-order valence-electron chi connectivity index (χ2n) is 18.5. The number of allylic oxidation sites excluding steroid dienone is 1. The fourth-order valence-corrected chi connectivity index (χ4v) is 12.7. The third-order valence-electron chi connectivity index (χ3n) is 15.9. The molecule has 0 aromatic rings. The molecule has 296 valence electrons. The Labute approximate surface area is 307 Å². The molecule has 3 saturated carbocycles. The molecule has 4 saturated heterocycles. The molecule has 8 N–H and O–H groups in total. The number of ether oxygens (including phenoxy) is 5. The highest BCUT2D eigenvalue weighted by Gasteiger charge is 2.70. The fourth-order valence-electron chi connectivity index (χ4n) is 12.7. The fraction of sp³-hybridized carbons (Fsp3) is 0.949. The van der Waals surface area contributed by atoms with Gasteiger partial charge in [0.25, 0.3) is 0 Å². The topological polar surface area (TPSA) is 200 Å². The molecule has 0 amide bonds. The minimum absolute atomic E-state index is 0.0915. The Bertz CT molecular complexity index is 1340. The van der Waals surface area contributed by atoms with Crippen LogP contribution in [-0.4, -0.2) is 134 Å². The quantitative estimate of drug-likeness (QED) is 0.186. The molecular formula is C39H63NO12. The standard InChI is InChI=1S/C39H63NO12/c1-17-8-11-39(40-15-17)18(2)28-25(52-39)13-24-22-7-6-20-12-21(9-10-37(20,4)23(22)14-27(42)38(24,28)5)49-36-33(47)31(45)34(26(16-41)50-36)51-35-32(46)30(44)29(43)19(3)48-35/h6,17-19,21-36,40-47H,7-16H2,1-5H3/t17-,18+,19+,21+,22-,23+,24+,25+,26-,27-,28+,29+,30-,31-,32-,33-,34-,35+,36-,37+,38-,39+/m1/s1. The van der Waals surface area contributed by atoms with Gasteiger partial charge in [-0.25, -0.2) is 0 Å². The second-order valence-corrected chi connectivity index (χ2v) is 18.5. The van der Waals surface area contributed by atoms with Crippen molar-refractivity contribution in [3.63, 3.8) is 0 Å². The van der Waals surface area contributed by atoms with E-state index in [1.807, 2.05) is 0 Å². The molecule has 52 heavy (non-hydrogen) atoms. The molecule has 13 heteroatoms. The number of aliphatic hydroxyl groups excluding tert-OH is 7. The van der Waals surface area contributed by atoms with Gasteiger partial charge < -0.3 is 59.4 Å². The van der Waals surface area contributed by atoms with Crippen molar-refractivity contribution < 1.29 is 59.4 Å². The SMILES string of the molecule is C[C@@H]1CC[C@]2(NC1)O[C@H]1C[C@H]3[C@@H]4CC=C5C[C@@H](O[C@@H]6O[C@H](CO)[C@@H](O[C@@H]7O[C@@H](C)[C@H](O)[C@@H](O)[C@H]7O)[C@H](O)[C@H]6O)CC[C@]5(C)[C@H]4C[C@@H](O)[C@]3(C)[C@H]1[C@@H]2C. The van der Waals surface area contributed by atoms with Crippen molar-refractivity contribution in [2.45, 2.75) is 171 Å². The molecule has 4 aliphatic heterocycles. The molecule has 0 unspecified atom stereocenters. The van der Waals surface area contributed by atoms with Crippen molar-refractivity contribution in [2.24, 2.45) is 46.3 Å². The van der Waals surface area contributed by atoms with Crippen molar-refractivity contribution in [3.05, 3.63) is 11.6 Å². The van der Waals surface area contributed by atoms with Crippen LogP contribution in [0.4, 0.5) is 0 Å². The Hall–Kier alpha value is -0.780. The van der Waals surface area contributed by atoms with Gasteiger partial charge >= 0.3 is 0 Å². The predicted octanol–water partition coefficient (Wildman–Crippen LogP) is 0.934. The van der Waals surface area contributed by atoms with E-state index in [9.17, 15) is 35.7 Å². The highest BCUT2D eigenvalue weighted by molar-refractivity contribution is 5.27. The first-order valence-electron chi connectivity index (χ1n) is 20.1. The van der Waals surface area contributed by atoms with Crippen LogP contribution < -0.4 is 5.32 Å². The van der Waals surface area contributed by atoms with Crippen LogP contribution in [0.25, 0.3) is 0 Å². The summed E-state index contributed by atoms with van der Waals surface area (Å²) in [7, 11) is 0. The molecule has 0 bridgehead atoms. The minimum atomic E-state index is -1.62. The van der Waals surface area contributed by atoms with Crippen molar-refractivity contribution in [1.82, 2.24) is 5.32 Å². The zero-order valence-corrected chi connectivity index (χ0v) is 31.3. The third-order valence-corrected chi connectivity index (χ3v) is 15.9. The number of piperidine rings is 1. The maximum Gasteiger partial charge on any atom is 0.187 e. The second kappa shape index (κ2) is 13.7. The number of nitrogens with one attached hydrogen (secondary N) is 1. The molecule has 22 atom stereocenters. The zero-order chi connectivity index (χ0) is 37.1. The lowest BCUT2D eigenvalue weighted by molar-refractivity contribution is -0.360. The van der Waals surface area contributed by atoms with Gasteiger partial charge in [-0.1, -0.05) is 39.3 Å². The molecular weight excluding hydrogens is 674 g/mol. The van der Waals surface area contributed by atoms with Crippen molar-refractivity contribution >= 4 is 0 Å². The molecule has 8 aliphatic rings. The average Bonchev–Trinajstić information content (AvgIpc) is 3.57. The highest BCUT2D eigenvalue weighted by atomic mass is 16.7. The summed E-state index contributed by atoms with van der Waals surface area (Å²) in [6.07, 6.45) is -4.53. The van der Waals surface area contributed by atoms with Gasteiger partial charge in [-0.15, -0.1) is 0 Å². The number of hydrogen-bond donors (Lipinski definition) is 8. The van der Waals surface area contributed by atoms with Gasteiger partial charge in [0.2, 0.25) is 0 Å². The van der Waals surface area contributed by atoms with E-state index in [1.165, 1.54) is 18.9 Å². The summed E-state index contributed by atoms with van der Waals surface area (Å²) < 4.78 is 30.6. The lowest BCUT2D eigenvalue weighted by Gasteiger charge is -2.60. The van der Waals surface area contributed by atoms with Crippen LogP contribution in [0.5, 0.6) is 0 Å². The van der Waals surface area contributed by atoms with Crippen LogP contribution in [-0.2, 0) is 23.7 Å². The summed E-state index contributed by atoms with van der Waals surface area (Å²) in [5.41, 5.74) is 0.757. The molecule has 0 radical (unpaired) electrons. The first-order valence-corrected chi connectivity index (χ1v) is 20.1. The van der Waals surface area contributed by atoms with Gasteiger partial charge in [-0.05, 0) is 93.3 Å². The van der Waals surface area contributed by atoms with Gasteiger partial charge in [0.05, 0.1) is 31.0 Å². The Kier molecular flexibility index (Phi) is 10.0. The Morgan fingerprint density at radius 2 is 1.58 bits per heavy atom. The van der Waals surface area contributed by atoms with E-state index in [2.05, 4.69) is 39.1 Å². The van der Waals surface area contributed by atoms with Gasteiger partial charge in [0, 0.05) is 17.9 Å². The van der Waals surface area contributed by atoms with Crippen LogP contribution in [0.3, 0.4) is 0 Å². The molecule has 8 rings (SSSR count). The van der Waals surface area contributed by atoms with Crippen molar-refractivity contribution in [3.8, 4) is 0 Å². The highest BCUT2D eigenvalue weighted by Crippen LogP contribution is 2.70. The van der Waals surface area contributed by atoms with E-state index in [1.54, 1.807) is 0 Å². The molecule has 0 aromatic heterocycles. The van der Waals surface area contributed by atoms with E-state index in [-0.39, 0.29) is 28.8 Å². The number of rotatable bonds is 5. The van der Waals surface area contributed by atoms with Gasteiger partial charge in [0.15, 0.2) is 12.6 Å². The van der Waals surface area contributed by atoms with Crippen LogP contribution in [0.15, 0.2) is 11.6 Å². The van der Waals surface area contributed by atoms with Gasteiger partial charge in [0.1, 0.15) is 48.5 Å². The van der Waals surface area contributed by atoms with E-state index in [4.69, 9.17) is 23.7 Å². The first kappa shape index (κ1) is 38.1. The zero-order valence-electron chi connectivity index (χ0n) is 31.3. The lowest BCUT2D eigenvalue weighted by atomic mass is 9.46. The molecule has 7 fully saturated rings. The molecule has 4 heterocycles. The van der Waals surface area contributed by atoms with Crippen LogP contribution >= 0.6 is 0 Å². The normalized spacial score (nSPS) is 58.9.